The number of halogens is 1. The van der Waals surface area contributed by atoms with Crippen LogP contribution in [0.25, 0.3) is 0 Å². The number of carbonyl (C=O) groups excluding carboxylic acids is 1. The number of hydrogen-bond acceptors (Lipinski definition) is 6. The second-order valence-electron chi connectivity index (χ2n) is 6.49. The fourth-order valence-electron chi connectivity index (χ4n) is 2.92. The van der Waals surface area contributed by atoms with E-state index in [1.807, 2.05) is 24.5 Å². The van der Waals surface area contributed by atoms with E-state index in [2.05, 4.69) is 16.8 Å². The third kappa shape index (κ3) is 4.76. The molecule has 0 saturated carbocycles. The lowest BCUT2D eigenvalue weighted by atomic mass is 10.2. The summed E-state index contributed by atoms with van der Waals surface area (Å²) in [5.74, 6) is 0.00880. The summed E-state index contributed by atoms with van der Waals surface area (Å²) in [4.78, 5) is 12.6. The first kappa shape index (κ1) is 20.9. The molecule has 29 heavy (non-hydrogen) atoms. The van der Waals surface area contributed by atoms with E-state index in [1.165, 1.54) is 12.1 Å². The van der Waals surface area contributed by atoms with Crippen molar-refractivity contribution in [3.63, 3.8) is 0 Å². The molecule has 1 aromatic carbocycles. The van der Waals surface area contributed by atoms with E-state index >= 15 is 0 Å². The molecular formula is C21H22FN3O3S. The molecule has 3 rings (SSSR count). The van der Waals surface area contributed by atoms with Gasteiger partial charge in [-0.1, -0.05) is 30.0 Å². The molecule has 152 valence electrons. The maximum Gasteiger partial charge on any atom is 0.277 e. The predicted octanol–water partition coefficient (Wildman–Crippen LogP) is 4.93. The van der Waals surface area contributed by atoms with Crippen LogP contribution in [-0.2, 0) is 6.54 Å². The first-order chi connectivity index (χ1) is 13.9. The van der Waals surface area contributed by atoms with Crippen LogP contribution in [0.1, 0.15) is 40.7 Å². The maximum absolute atomic E-state index is 13.7. The number of allylic oxidation sites excluding steroid dienone is 1. The Labute approximate surface area is 172 Å². The average Bonchev–Trinajstić information content (AvgIpc) is 3.28. The SMILES string of the molecule is C=CCn1c(C)cc(C(=O)CSc2nnc(C(C)Oc3ccccc3F)o2)c1C. The largest absolute Gasteiger partial charge is 0.478 e. The van der Waals surface area contributed by atoms with Gasteiger partial charge < -0.3 is 13.7 Å². The van der Waals surface area contributed by atoms with Gasteiger partial charge in [0.1, 0.15) is 0 Å². The Morgan fingerprint density at radius 2 is 2.14 bits per heavy atom. The summed E-state index contributed by atoms with van der Waals surface area (Å²) in [6, 6.07) is 7.98. The van der Waals surface area contributed by atoms with E-state index in [4.69, 9.17) is 9.15 Å². The predicted molar refractivity (Wildman–Crippen MR) is 109 cm³/mol. The molecule has 8 heteroatoms. The van der Waals surface area contributed by atoms with Crippen LogP contribution in [0.3, 0.4) is 0 Å². The number of Topliss-reactive ketones (excluding diaryl/α,β-unsaturated/α-hetero) is 1. The number of ether oxygens (including phenoxy) is 1. The number of rotatable bonds is 9. The van der Waals surface area contributed by atoms with Gasteiger partial charge in [-0.25, -0.2) is 4.39 Å². The minimum atomic E-state index is -0.623. The molecule has 0 N–H and O–H groups in total. The standard InChI is InChI=1S/C21H22FN3O3S/c1-5-10-25-13(2)11-16(14(25)3)18(26)12-29-21-24-23-20(28-21)15(4)27-19-9-7-6-8-17(19)22/h5-9,11,15H,1,10,12H2,2-4H3. The molecule has 0 aliphatic carbocycles. The second-order valence-corrected chi connectivity index (χ2v) is 7.42. The van der Waals surface area contributed by atoms with E-state index in [0.717, 1.165) is 23.1 Å². The zero-order valence-electron chi connectivity index (χ0n) is 16.5. The molecular weight excluding hydrogens is 393 g/mol. The van der Waals surface area contributed by atoms with Crippen molar-refractivity contribution in [2.45, 2.75) is 38.6 Å². The van der Waals surface area contributed by atoms with Gasteiger partial charge in [0, 0.05) is 23.5 Å². The molecule has 1 atom stereocenters. The van der Waals surface area contributed by atoms with E-state index in [0.29, 0.717) is 12.1 Å². The Hall–Kier alpha value is -2.87. The van der Waals surface area contributed by atoms with Crippen LogP contribution in [0, 0.1) is 19.7 Å². The molecule has 0 saturated heterocycles. The van der Waals surface area contributed by atoms with Crippen molar-refractivity contribution in [1.29, 1.82) is 0 Å². The fourth-order valence-corrected chi connectivity index (χ4v) is 3.58. The summed E-state index contributed by atoms with van der Waals surface area (Å²) >= 11 is 1.16. The minimum Gasteiger partial charge on any atom is -0.478 e. The van der Waals surface area contributed by atoms with Crippen LogP contribution >= 0.6 is 11.8 Å². The molecule has 6 nitrogen and oxygen atoms in total. The van der Waals surface area contributed by atoms with Gasteiger partial charge in [0.2, 0.25) is 0 Å². The summed E-state index contributed by atoms with van der Waals surface area (Å²) in [6.45, 7) is 9.97. The zero-order valence-corrected chi connectivity index (χ0v) is 17.3. The molecule has 2 aromatic heterocycles. The molecule has 2 heterocycles. The van der Waals surface area contributed by atoms with Crippen LogP contribution in [0.15, 0.2) is 52.6 Å². The highest BCUT2D eigenvalue weighted by molar-refractivity contribution is 7.99. The van der Waals surface area contributed by atoms with E-state index in [9.17, 15) is 9.18 Å². The van der Waals surface area contributed by atoms with Gasteiger partial charge in [0.25, 0.3) is 11.1 Å². The van der Waals surface area contributed by atoms with Crippen LogP contribution in [0.4, 0.5) is 4.39 Å². The van der Waals surface area contributed by atoms with Crippen molar-refractivity contribution in [3.8, 4) is 5.75 Å². The average molecular weight is 415 g/mol. The number of nitrogens with zero attached hydrogens (tertiary/aromatic N) is 3. The first-order valence-corrected chi connectivity index (χ1v) is 10.1. The molecule has 0 bridgehead atoms. The van der Waals surface area contributed by atoms with Gasteiger partial charge in [-0.3, -0.25) is 4.79 Å². The van der Waals surface area contributed by atoms with E-state index in [-0.39, 0.29) is 28.4 Å². The number of ketones is 1. The van der Waals surface area contributed by atoms with Gasteiger partial charge in [-0.15, -0.1) is 16.8 Å². The summed E-state index contributed by atoms with van der Waals surface area (Å²) in [5.41, 5.74) is 2.59. The molecule has 0 aliphatic rings. The Morgan fingerprint density at radius 1 is 1.38 bits per heavy atom. The Balaban J connectivity index is 1.62. The van der Waals surface area contributed by atoms with Crippen molar-refractivity contribution < 1.29 is 18.3 Å². The molecule has 0 amide bonds. The fraction of sp³-hybridized carbons (Fsp3) is 0.286. The number of thioether (sulfide) groups is 1. The van der Waals surface area contributed by atoms with Crippen molar-refractivity contribution >= 4 is 17.5 Å². The molecule has 0 aliphatic heterocycles. The van der Waals surface area contributed by atoms with Crippen LogP contribution in [-0.4, -0.2) is 26.3 Å². The van der Waals surface area contributed by atoms with E-state index < -0.39 is 11.9 Å². The minimum absolute atomic E-state index is 0.0196. The smallest absolute Gasteiger partial charge is 0.277 e. The molecule has 0 spiro atoms. The van der Waals surface area contributed by atoms with Crippen molar-refractivity contribution in [2.24, 2.45) is 0 Å². The lowest BCUT2D eigenvalue weighted by Crippen LogP contribution is -2.06. The van der Waals surface area contributed by atoms with Gasteiger partial charge in [0.05, 0.1) is 5.75 Å². The molecule has 0 radical (unpaired) electrons. The molecule has 3 aromatic rings. The number of aryl methyl sites for hydroxylation is 1. The van der Waals surface area contributed by atoms with Crippen molar-refractivity contribution in [2.75, 3.05) is 5.75 Å². The normalized spacial score (nSPS) is 12.0. The van der Waals surface area contributed by atoms with Gasteiger partial charge in [0.15, 0.2) is 23.5 Å². The highest BCUT2D eigenvalue weighted by Gasteiger charge is 2.20. The lowest BCUT2D eigenvalue weighted by Gasteiger charge is -2.11. The van der Waals surface area contributed by atoms with Gasteiger partial charge >= 0.3 is 0 Å². The molecule has 1 unspecified atom stereocenters. The Morgan fingerprint density at radius 3 is 2.86 bits per heavy atom. The number of benzene rings is 1. The number of hydrogen-bond donors (Lipinski definition) is 0. The highest BCUT2D eigenvalue weighted by atomic mass is 32.2. The third-order valence-corrected chi connectivity index (χ3v) is 5.24. The Kier molecular flexibility index (Phi) is 6.53. The van der Waals surface area contributed by atoms with Crippen LogP contribution in [0.2, 0.25) is 0 Å². The third-order valence-electron chi connectivity index (χ3n) is 4.42. The highest BCUT2D eigenvalue weighted by Crippen LogP contribution is 2.26. The van der Waals surface area contributed by atoms with Crippen molar-refractivity contribution in [3.05, 3.63) is 71.6 Å². The number of para-hydroxylation sites is 1. The summed E-state index contributed by atoms with van der Waals surface area (Å²) in [7, 11) is 0. The van der Waals surface area contributed by atoms with Gasteiger partial charge in [-0.2, -0.15) is 0 Å². The van der Waals surface area contributed by atoms with Gasteiger partial charge in [-0.05, 0) is 39.0 Å². The first-order valence-electron chi connectivity index (χ1n) is 9.09. The summed E-state index contributed by atoms with van der Waals surface area (Å²) < 4.78 is 26.9. The second kappa shape index (κ2) is 9.09. The van der Waals surface area contributed by atoms with Crippen molar-refractivity contribution in [1.82, 2.24) is 14.8 Å². The quantitative estimate of drug-likeness (QED) is 0.280. The van der Waals surface area contributed by atoms with Crippen LogP contribution in [0.5, 0.6) is 5.75 Å². The molecule has 0 fully saturated rings. The zero-order chi connectivity index (χ0) is 21.0. The topological polar surface area (TPSA) is 70.2 Å². The maximum atomic E-state index is 13.7. The summed E-state index contributed by atoms with van der Waals surface area (Å²) in [5, 5.41) is 8.15. The Bertz CT molecular complexity index is 1030. The number of carbonyl (C=O) groups is 1. The number of aromatic nitrogens is 3. The lowest BCUT2D eigenvalue weighted by molar-refractivity contribution is 0.102. The van der Waals surface area contributed by atoms with Crippen LogP contribution < -0.4 is 4.74 Å². The van der Waals surface area contributed by atoms with E-state index in [1.54, 1.807) is 25.1 Å². The monoisotopic (exact) mass is 415 g/mol. The summed E-state index contributed by atoms with van der Waals surface area (Å²) in [6.07, 6.45) is 1.18.